The Labute approximate surface area is 119 Å². The molecule has 5 nitrogen and oxygen atoms in total. The number of carbonyl (C=O) groups excluding carboxylic acids is 1. The number of hydrogen-bond acceptors (Lipinski definition) is 3. The molecule has 1 amide bonds. The Morgan fingerprint density at radius 2 is 2.25 bits per heavy atom. The van der Waals surface area contributed by atoms with Crippen LogP contribution in [0.25, 0.3) is 0 Å². The minimum atomic E-state index is -0.766. The van der Waals surface area contributed by atoms with E-state index in [0.29, 0.717) is 0 Å². The summed E-state index contributed by atoms with van der Waals surface area (Å²) < 4.78 is 0. The Morgan fingerprint density at radius 1 is 1.45 bits per heavy atom. The number of aromatic nitrogens is 2. The topological polar surface area (TPSA) is 78.0 Å². The first-order valence-corrected chi connectivity index (χ1v) is 7.67. The number of rotatable bonds is 3. The first-order chi connectivity index (χ1) is 9.65. The molecule has 110 valence electrons. The Morgan fingerprint density at radius 3 is 3.05 bits per heavy atom. The molecule has 1 aromatic rings. The van der Waals surface area contributed by atoms with Crippen molar-refractivity contribution >= 4 is 5.91 Å². The second-order valence-corrected chi connectivity index (χ2v) is 6.34. The maximum atomic E-state index is 12.1. The average molecular weight is 277 g/mol. The van der Waals surface area contributed by atoms with Gasteiger partial charge < -0.3 is 10.4 Å². The number of hydrogen-bond donors (Lipinski definition) is 3. The van der Waals surface area contributed by atoms with Gasteiger partial charge in [-0.2, -0.15) is 5.10 Å². The van der Waals surface area contributed by atoms with Crippen LogP contribution in [0.5, 0.6) is 0 Å². The molecule has 2 aliphatic carbocycles. The molecule has 0 spiro atoms. The van der Waals surface area contributed by atoms with E-state index in [1.165, 1.54) is 17.7 Å². The summed E-state index contributed by atoms with van der Waals surface area (Å²) in [6.45, 7) is 0. The maximum Gasteiger partial charge on any atom is 0.223 e. The lowest BCUT2D eigenvalue weighted by molar-refractivity contribution is -0.128. The van der Waals surface area contributed by atoms with Gasteiger partial charge in [0.25, 0.3) is 0 Å². The molecule has 0 radical (unpaired) electrons. The molecular weight excluding hydrogens is 254 g/mol. The van der Waals surface area contributed by atoms with Gasteiger partial charge in [0, 0.05) is 11.7 Å². The van der Waals surface area contributed by atoms with Crippen molar-refractivity contribution in [2.24, 2.45) is 0 Å². The Bertz CT molecular complexity index is 477. The molecule has 20 heavy (non-hydrogen) atoms. The van der Waals surface area contributed by atoms with Crippen molar-refractivity contribution in [1.82, 2.24) is 15.5 Å². The van der Waals surface area contributed by atoms with Crippen molar-refractivity contribution in [1.29, 1.82) is 0 Å². The lowest BCUT2D eigenvalue weighted by atomic mass is 9.82. The first kappa shape index (κ1) is 13.6. The fourth-order valence-electron chi connectivity index (χ4n) is 3.50. The van der Waals surface area contributed by atoms with Crippen LogP contribution < -0.4 is 5.32 Å². The second kappa shape index (κ2) is 5.56. The third kappa shape index (κ3) is 3.03. The molecule has 0 saturated heterocycles. The van der Waals surface area contributed by atoms with Crippen LogP contribution in [0.3, 0.4) is 0 Å². The molecule has 1 saturated carbocycles. The highest BCUT2D eigenvalue weighted by Crippen LogP contribution is 2.31. The standard InChI is InChI=1S/C15H23N3O2/c19-14(9-15(20)6-2-1-3-7-15)17-12-4-5-13-11(8-12)10-16-18-13/h10,12,20H,1-9H2,(H,16,18)(H,17,19). The summed E-state index contributed by atoms with van der Waals surface area (Å²) in [5, 5.41) is 20.5. The van der Waals surface area contributed by atoms with Crippen LogP contribution >= 0.6 is 0 Å². The van der Waals surface area contributed by atoms with Gasteiger partial charge in [0.05, 0.1) is 18.2 Å². The van der Waals surface area contributed by atoms with E-state index in [9.17, 15) is 9.90 Å². The van der Waals surface area contributed by atoms with Crippen LogP contribution in [0.4, 0.5) is 0 Å². The zero-order chi connectivity index (χ0) is 14.0. The summed E-state index contributed by atoms with van der Waals surface area (Å²) >= 11 is 0. The zero-order valence-corrected chi connectivity index (χ0v) is 11.8. The largest absolute Gasteiger partial charge is 0.389 e. The van der Waals surface area contributed by atoms with Gasteiger partial charge >= 0.3 is 0 Å². The second-order valence-electron chi connectivity index (χ2n) is 6.34. The van der Waals surface area contributed by atoms with Crippen molar-refractivity contribution in [2.45, 2.75) is 69.4 Å². The van der Waals surface area contributed by atoms with Gasteiger partial charge in [0.2, 0.25) is 5.91 Å². The van der Waals surface area contributed by atoms with E-state index >= 15 is 0 Å². The van der Waals surface area contributed by atoms with Crippen LogP contribution in [0, 0.1) is 0 Å². The molecule has 3 rings (SSSR count). The van der Waals surface area contributed by atoms with Crippen molar-refractivity contribution in [3.8, 4) is 0 Å². The van der Waals surface area contributed by atoms with Crippen LogP contribution in [0.1, 0.15) is 56.2 Å². The molecule has 1 fully saturated rings. The third-order valence-corrected chi connectivity index (χ3v) is 4.66. The summed E-state index contributed by atoms with van der Waals surface area (Å²) in [5.74, 6) is -0.00801. The smallest absolute Gasteiger partial charge is 0.223 e. The number of aliphatic hydroxyl groups is 1. The highest BCUT2D eigenvalue weighted by molar-refractivity contribution is 5.77. The predicted molar refractivity (Wildman–Crippen MR) is 75.2 cm³/mol. The molecule has 1 heterocycles. The fraction of sp³-hybridized carbons (Fsp3) is 0.733. The Balaban J connectivity index is 1.52. The number of aromatic amines is 1. The Kier molecular flexibility index (Phi) is 3.78. The average Bonchev–Trinajstić information content (AvgIpc) is 2.86. The van der Waals surface area contributed by atoms with E-state index in [1.807, 2.05) is 6.20 Å². The zero-order valence-electron chi connectivity index (χ0n) is 11.8. The number of carbonyl (C=O) groups is 1. The van der Waals surface area contributed by atoms with Gasteiger partial charge in [-0.25, -0.2) is 0 Å². The van der Waals surface area contributed by atoms with Crippen LogP contribution in [-0.2, 0) is 17.6 Å². The van der Waals surface area contributed by atoms with Crippen molar-refractivity contribution in [3.63, 3.8) is 0 Å². The van der Waals surface area contributed by atoms with Gasteiger partial charge in [-0.1, -0.05) is 19.3 Å². The summed E-state index contributed by atoms with van der Waals surface area (Å²) in [4.78, 5) is 12.1. The molecule has 1 aromatic heterocycles. The molecule has 2 aliphatic rings. The quantitative estimate of drug-likeness (QED) is 0.783. The SMILES string of the molecule is O=C(CC1(O)CCCCC1)NC1CCc2[nH]ncc2C1. The van der Waals surface area contributed by atoms with E-state index in [2.05, 4.69) is 15.5 Å². The number of nitrogens with zero attached hydrogens (tertiary/aromatic N) is 1. The van der Waals surface area contributed by atoms with Gasteiger partial charge in [-0.3, -0.25) is 9.89 Å². The molecule has 0 aliphatic heterocycles. The molecule has 3 N–H and O–H groups in total. The van der Waals surface area contributed by atoms with E-state index < -0.39 is 5.60 Å². The van der Waals surface area contributed by atoms with E-state index in [-0.39, 0.29) is 18.4 Å². The van der Waals surface area contributed by atoms with E-state index in [4.69, 9.17) is 0 Å². The van der Waals surface area contributed by atoms with Crippen molar-refractivity contribution < 1.29 is 9.90 Å². The normalized spacial score (nSPS) is 24.9. The number of aryl methyl sites for hydroxylation is 1. The number of nitrogens with one attached hydrogen (secondary N) is 2. The van der Waals surface area contributed by atoms with Crippen molar-refractivity contribution in [3.05, 3.63) is 17.5 Å². The maximum absolute atomic E-state index is 12.1. The number of fused-ring (bicyclic) bond motifs is 1. The summed E-state index contributed by atoms with van der Waals surface area (Å²) in [7, 11) is 0. The van der Waals surface area contributed by atoms with Crippen LogP contribution in [0.15, 0.2) is 6.20 Å². The van der Waals surface area contributed by atoms with Gasteiger partial charge in [-0.05, 0) is 37.7 Å². The highest BCUT2D eigenvalue weighted by Gasteiger charge is 2.32. The summed E-state index contributed by atoms with van der Waals surface area (Å²) in [6.07, 6.45) is 9.59. The molecule has 5 heteroatoms. The predicted octanol–water partition coefficient (Wildman–Crippen LogP) is 1.47. The van der Waals surface area contributed by atoms with Crippen LogP contribution in [-0.4, -0.2) is 32.9 Å². The van der Waals surface area contributed by atoms with Gasteiger partial charge in [0.15, 0.2) is 0 Å². The highest BCUT2D eigenvalue weighted by atomic mass is 16.3. The molecule has 1 unspecified atom stereocenters. The molecule has 1 atom stereocenters. The Hall–Kier alpha value is -1.36. The van der Waals surface area contributed by atoms with Gasteiger partial charge in [0.1, 0.15) is 0 Å². The summed E-state index contributed by atoms with van der Waals surface area (Å²) in [6, 6.07) is 0.180. The monoisotopic (exact) mass is 277 g/mol. The molecule has 0 aromatic carbocycles. The first-order valence-electron chi connectivity index (χ1n) is 7.67. The fourth-order valence-corrected chi connectivity index (χ4v) is 3.50. The van der Waals surface area contributed by atoms with E-state index in [1.54, 1.807) is 0 Å². The third-order valence-electron chi connectivity index (χ3n) is 4.66. The minimum Gasteiger partial charge on any atom is -0.389 e. The van der Waals surface area contributed by atoms with Crippen molar-refractivity contribution in [2.75, 3.05) is 0 Å². The number of amides is 1. The molecule has 0 bridgehead atoms. The number of H-pyrrole nitrogens is 1. The molecular formula is C15H23N3O2. The van der Waals surface area contributed by atoms with Crippen LogP contribution in [0.2, 0.25) is 0 Å². The van der Waals surface area contributed by atoms with E-state index in [0.717, 1.165) is 44.9 Å². The lowest BCUT2D eigenvalue weighted by Gasteiger charge is -2.32. The lowest BCUT2D eigenvalue weighted by Crippen LogP contribution is -2.43. The minimum absolute atomic E-state index is 0.00801. The van der Waals surface area contributed by atoms with Gasteiger partial charge in [-0.15, -0.1) is 0 Å². The summed E-state index contributed by atoms with van der Waals surface area (Å²) in [5.41, 5.74) is 1.64.